The average Bonchev–Trinajstić information content (AvgIpc) is 2.96. The summed E-state index contributed by atoms with van der Waals surface area (Å²) in [6, 6.07) is 15.5. The van der Waals surface area contributed by atoms with E-state index in [0.29, 0.717) is 30.1 Å². The van der Waals surface area contributed by atoms with Crippen LogP contribution in [0, 0.1) is 11.3 Å². The van der Waals surface area contributed by atoms with E-state index in [4.69, 9.17) is 21.2 Å². The summed E-state index contributed by atoms with van der Waals surface area (Å²) >= 11 is 0. The molecule has 1 aliphatic rings. The summed E-state index contributed by atoms with van der Waals surface area (Å²) in [6.07, 6.45) is 3.07. The number of hydrogen-bond acceptors (Lipinski definition) is 10. The van der Waals surface area contributed by atoms with Crippen molar-refractivity contribution >= 4 is 34.4 Å². The number of anilines is 3. The number of nitrogen functional groups attached to an aromatic ring is 2. The van der Waals surface area contributed by atoms with Gasteiger partial charge >= 0.3 is 0 Å². The highest BCUT2D eigenvalue weighted by Crippen LogP contribution is 2.27. The van der Waals surface area contributed by atoms with Gasteiger partial charge in [-0.25, -0.2) is 4.98 Å². The smallest absolute Gasteiger partial charge is 0.269 e. The maximum atomic E-state index is 14.1. The number of nitrogens with zero attached hydrogens (tertiary/aromatic N) is 6. The van der Waals surface area contributed by atoms with Gasteiger partial charge in [0.1, 0.15) is 34.4 Å². The van der Waals surface area contributed by atoms with Gasteiger partial charge in [-0.1, -0.05) is 24.3 Å². The molecule has 1 amide bonds. The highest BCUT2D eigenvalue weighted by Gasteiger charge is 2.23. The standard InChI is InChI=1S/C28H29N9O3/c1-17(32-25-19(15-29)24(30)34-28(31)35-25)26-33-20-11-8-12-21(40-16-22(38)36-13-6-3-7-14-36)23(20)27(39)37(26)18-9-4-2-5-10-18/h2,4-5,8-12,17H,3,6-7,13-14,16H2,1H3,(H5,30,31,32,34,35). The number of nitrogens with two attached hydrogens (primary N) is 2. The van der Waals surface area contributed by atoms with Gasteiger partial charge in [0, 0.05) is 13.1 Å². The highest BCUT2D eigenvalue weighted by atomic mass is 16.5. The molecule has 5 rings (SSSR count). The molecule has 1 saturated heterocycles. The quantitative estimate of drug-likeness (QED) is 0.316. The number of carbonyl (C=O) groups is 1. The summed E-state index contributed by atoms with van der Waals surface area (Å²) < 4.78 is 7.39. The molecular formula is C28H29N9O3. The zero-order valence-electron chi connectivity index (χ0n) is 22.0. The molecular weight excluding hydrogens is 510 g/mol. The first-order valence-electron chi connectivity index (χ1n) is 13.0. The second-order valence-corrected chi connectivity index (χ2v) is 9.49. The van der Waals surface area contributed by atoms with Crippen LogP contribution in [-0.4, -0.2) is 50.0 Å². The van der Waals surface area contributed by atoms with Crippen molar-refractivity contribution in [2.75, 3.05) is 36.5 Å². The van der Waals surface area contributed by atoms with Crippen molar-refractivity contribution in [3.63, 3.8) is 0 Å². The van der Waals surface area contributed by atoms with Crippen LogP contribution in [0.25, 0.3) is 16.6 Å². The Bertz CT molecular complexity index is 1660. The number of para-hydroxylation sites is 1. The fourth-order valence-electron chi connectivity index (χ4n) is 4.81. The molecule has 5 N–H and O–H groups in total. The lowest BCUT2D eigenvalue weighted by molar-refractivity contribution is -0.134. The molecule has 0 radical (unpaired) electrons. The minimum Gasteiger partial charge on any atom is -0.483 e. The Labute approximate surface area is 230 Å². The Balaban J connectivity index is 1.57. The molecule has 1 unspecified atom stereocenters. The number of hydrogen-bond donors (Lipinski definition) is 3. The predicted molar refractivity (Wildman–Crippen MR) is 151 cm³/mol. The van der Waals surface area contributed by atoms with Crippen LogP contribution in [-0.2, 0) is 4.79 Å². The number of benzene rings is 2. The molecule has 0 aliphatic carbocycles. The van der Waals surface area contributed by atoms with Crippen molar-refractivity contribution < 1.29 is 9.53 Å². The molecule has 12 nitrogen and oxygen atoms in total. The van der Waals surface area contributed by atoms with E-state index in [1.807, 2.05) is 24.3 Å². The van der Waals surface area contributed by atoms with Crippen LogP contribution in [0.1, 0.15) is 43.6 Å². The van der Waals surface area contributed by atoms with Crippen molar-refractivity contribution in [3.8, 4) is 17.5 Å². The lowest BCUT2D eigenvalue weighted by Crippen LogP contribution is -2.38. The van der Waals surface area contributed by atoms with Crippen LogP contribution < -0.4 is 27.1 Å². The van der Waals surface area contributed by atoms with E-state index >= 15 is 0 Å². The third-order valence-electron chi connectivity index (χ3n) is 6.77. The van der Waals surface area contributed by atoms with Crippen LogP contribution in [0.2, 0.25) is 0 Å². The minimum atomic E-state index is -0.622. The topological polar surface area (TPSA) is 178 Å². The van der Waals surface area contributed by atoms with Crippen LogP contribution >= 0.6 is 0 Å². The van der Waals surface area contributed by atoms with Gasteiger partial charge in [0.15, 0.2) is 12.4 Å². The Morgan fingerprint density at radius 3 is 2.55 bits per heavy atom. The van der Waals surface area contributed by atoms with Crippen LogP contribution in [0.3, 0.4) is 0 Å². The molecule has 2 aromatic heterocycles. The van der Waals surface area contributed by atoms with Crippen molar-refractivity contribution in [3.05, 3.63) is 70.3 Å². The molecule has 0 saturated carbocycles. The lowest BCUT2D eigenvalue weighted by atomic mass is 10.1. The molecule has 1 aliphatic heterocycles. The molecule has 3 heterocycles. The molecule has 0 spiro atoms. The molecule has 1 atom stereocenters. The van der Waals surface area contributed by atoms with E-state index in [2.05, 4.69) is 15.3 Å². The zero-order valence-corrected chi connectivity index (χ0v) is 22.0. The average molecular weight is 540 g/mol. The summed E-state index contributed by atoms with van der Waals surface area (Å²) in [7, 11) is 0. The first-order chi connectivity index (χ1) is 19.4. The second kappa shape index (κ2) is 11.3. The first-order valence-corrected chi connectivity index (χ1v) is 13.0. The van der Waals surface area contributed by atoms with E-state index in [9.17, 15) is 14.9 Å². The number of ether oxygens (including phenoxy) is 1. The summed E-state index contributed by atoms with van der Waals surface area (Å²) in [5.74, 6) is 0.489. The normalized spacial score (nSPS) is 13.9. The first kappa shape index (κ1) is 26.4. The monoisotopic (exact) mass is 539 g/mol. The number of rotatable bonds is 7. The van der Waals surface area contributed by atoms with Crippen LogP contribution in [0.4, 0.5) is 17.6 Å². The Morgan fingerprint density at radius 1 is 1.07 bits per heavy atom. The van der Waals surface area contributed by atoms with Gasteiger partial charge in [-0.15, -0.1) is 0 Å². The summed E-state index contributed by atoms with van der Waals surface area (Å²) in [5, 5.41) is 13.0. The molecule has 2 aromatic carbocycles. The van der Waals surface area contributed by atoms with E-state index in [0.717, 1.165) is 19.3 Å². The van der Waals surface area contributed by atoms with Crippen molar-refractivity contribution in [1.29, 1.82) is 5.26 Å². The number of piperidine rings is 1. The minimum absolute atomic E-state index is 0.0320. The number of aromatic nitrogens is 4. The van der Waals surface area contributed by atoms with Gasteiger partial charge in [-0.2, -0.15) is 15.2 Å². The number of carbonyl (C=O) groups excluding carboxylic acids is 1. The van der Waals surface area contributed by atoms with Gasteiger partial charge in [-0.3, -0.25) is 14.2 Å². The van der Waals surface area contributed by atoms with Crippen molar-refractivity contribution in [1.82, 2.24) is 24.4 Å². The fourth-order valence-corrected chi connectivity index (χ4v) is 4.81. The van der Waals surface area contributed by atoms with Crippen molar-refractivity contribution in [2.24, 2.45) is 0 Å². The summed E-state index contributed by atoms with van der Waals surface area (Å²) in [4.78, 5) is 41.4. The van der Waals surface area contributed by atoms with Gasteiger partial charge < -0.3 is 26.4 Å². The van der Waals surface area contributed by atoms with Gasteiger partial charge in [0.2, 0.25) is 5.95 Å². The third kappa shape index (κ3) is 5.22. The summed E-state index contributed by atoms with van der Waals surface area (Å²) in [6.45, 7) is 3.04. The maximum absolute atomic E-state index is 14.1. The molecule has 1 fully saturated rings. The number of amides is 1. The Hall–Kier alpha value is -5.18. The number of fused-ring (bicyclic) bond motifs is 1. The molecule has 40 heavy (non-hydrogen) atoms. The third-order valence-corrected chi connectivity index (χ3v) is 6.77. The molecule has 0 bridgehead atoms. The van der Waals surface area contributed by atoms with Crippen LogP contribution in [0.15, 0.2) is 53.3 Å². The van der Waals surface area contributed by atoms with Crippen molar-refractivity contribution in [2.45, 2.75) is 32.2 Å². The second-order valence-electron chi connectivity index (χ2n) is 9.49. The SMILES string of the molecule is CC(Nc1nc(N)nc(N)c1C#N)c1nc2cccc(OCC(=O)N3CCCCC3)c2c(=O)n1-c1ccccc1. The number of nitriles is 1. The largest absolute Gasteiger partial charge is 0.483 e. The molecule has 12 heteroatoms. The maximum Gasteiger partial charge on any atom is 0.269 e. The molecule has 4 aromatic rings. The van der Waals surface area contributed by atoms with E-state index in [1.54, 1.807) is 42.2 Å². The van der Waals surface area contributed by atoms with Gasteiger partial charge in [-0.05, 0) is 50.5 Å². The van der Waals surface area contributed by atoms with Gasteiger partial charge in [0.05, 0.1) is 17.2 Å². The Morgan fingerprint density at radius 2 is 1.82 bits per heavy atom. The van der Waals surface area contributed by atoms with Gasteiger partial charge in [0.25, 0.3) is 11.5 Å². The lowest BCUT2D eigenvalue weighted by Gasteiger charge is -2.26. The zero-order chi connectivity index (χ0) is 28.2. The number of nitrogens with one attached hydrogen (secondary N) is 1. The van der Waals surface area contributed by atoms with E-state index in [1.165, 1.54) is 4.57 Å². The summed E-state index contributed by atoms with van der Waals surface area (Å²) in [5.41, 5.74) is 12.3. The fraction of sp³-hybridized carbons (Fsp3) is 0.286. The predicted octanol–water partition coefficient (Wildman–Crippen LogP) is 2.78. The highest BCUT2D eigenvalue weighted by molar-refractivity contribution is 5.85. The van der Waals surface area contributed by atoms with E-state index in [-0.39, 0.29) is 52.4 Å². The van der Waals surface area contributed by atoms with Crippen LogP contribution in [0.5, 0.6) is 5.75 Å². The molecule has 204 valence electrons. The Kier molecular flexibility index (Phi) is 7.46. The number of likely N-dealkylation sites (tertiary alicyclic amines) is 1. The van der Waals surface area contributed by atoms with E-state index < -0.39 is 6.04 Å².